The van der Waals surface area contributed by atoms with E-state index in [1.807, 2.05) is 32.0 Å². The first-order valence-electron chi connectivity index (χ1n) is 3.72. The third-order valence-electron chi connectivity index (χ3n) is 1.96. The van der Waals surface area contributed by atoms with Gasteiger partial charge in [0.2, 0.25) is 0 Å². The van der Waals surface area contributed by atoms with Crippen molar-refractivity contribution in [3.8, 4) is 5.75 Å². The van der Waals surface area contributed by atoms with Crippen LogP contribution < -0.4 is 4.89 Å². The van der Waals surface area contributed by atoms with E-state index >= 15 is 0 Å². The molecule has 2 rings (SSSR count). The summed E-state index contributed by atoms with van der Waals surface area (Å²) < 4.78 is 0. The molecule has 0 aromatic heterocycles. The maximum atomic E-state index is 5.04. The summed E-state index contributed by atoms with van der Waals surface area (Å²) in [4.78, 5) is 10.0. The van der Waals surface area contributed by atoms with E-state index in [2.05, 4.69) is 0 Å². The Hall–Kier alpha value is -1.02. The van der Waals surface area contributed by atoms with Crippen molar-refractivity contribution >= 4 is 0 Å². The number of rotatable bonds is 0. The molecule has 0 saturated heterocycles. The van der Waals surface area contributed by atoms with Gasteiger partial charge in [0.1, 0.15) is 6.10 Å². The van der Waals surface area contributed by atoms with Gasteiger partial charge in [-0.1, -0.05) is 18.2 Å². The zero-order valence-electron chi connectivity index (χ0n) is 6.63. The largest absolute Gasteiger partial charge is 0.336 e. The molecule has 0 amide bonds. The zero-order chi connectivity index (χ0) is 7.84. The molecule has 1 aliphatic rings. The Balaban J connectivity index is 2.57. The molecule has 1 aromatic rings. The van der Waals surface area contributed by atoms with Crippen LogP contribution in [-0.2, 0) is 4.89 Å². The lowest BCUT2D eigenvalue weighted by Crippen LogP contribution is -1.89. The Morgan fingerprint density at radius 2 is 2.18 bits per heavy atom. The Morgan fingerprint density at radius 3 is 2.91 bits per heavy atom. The summed E-state index contributed by atoms with van der Waals surface area (Å²) in [6, 6.07) is 6.06. The minimum absolute atomic E-state index is 0.0740. The van der Waals surface area contributed by atoms with Crippen LogP contribution in [0.25, 0.3) is 0 Å². The highest BCUT2D eigenvalue weighted by atomic mass is 17.2. The highest BCUT2D eigenvalue weighted by Gasteiger charge is 2.22. The molecule has 1 heterocycles. The van der Waals surface area contributed by atoms with E-state index in [1.54, 1.807) is 0 Å². The molecule has 0 bridgehead atoms. The second kappa shape index (κ2) is 2.24. The summed E-state index contributed by atoms with van der Waals surface area (Å²) in [5.41, 5.74) is 2.27. The number of aryl methyl sites for hydroxylation is 1. The number of fused-ring (bicyclic) bond motifs is 1. The van der Waals surface area contributed by atoms with E-state index in [0.717, 1.165) is 16.9 Å². The van der Waals surface area contributed by atoms with Gasteiger partial charge in [0.15, 0.2) is 5.75 Å². The molecule has 0 spiro atoms. The van der Waals surface area contributed by atoms with Gasteiger partial charge in [0.25, 0.3) is 0 Å². The lowest BCUT2D eigenvalue weighted by Gasteiger charge is -1.97. The maximum Gasteiger partial charge on any atom is 0.174 e. The van der Waals surface area contributed by atoms with Gasteiger partial charge in [0, 0.05) is 5.56 Å². The third-order valence-corrected chi connectivity index (χ3v) is 1.96. The highest BCUT2D eigenvalue weighted by molar-refractivity contribution is 5.42. The average Bonchev–Trinajstić information content (AvgIpc) is 2.35. The quantitative estimate of drug-likeness (QED) is 0.528. The average molecular weight is 150 g/mol. The Labute approximate surface area is 65.7 Å². The van der Waals surface area contributed by atoms with Crippen molar-refractivity contribution in [1.82, 2.24) is 0 Å². The van der Waals surface area contributed by atoms with Crippen LogP contribution in [0, 0.1) is 6.92 Å². The first-order valence-corrected chi connectivity index (χ1v) is 3.72. The fraction of sp³-hybridized carbons (Fsp3) is 0.333. The van der Waals surface area contributed by atoms with E-state index in [-0.39, 0.29) is 6.10 Å². The first kappa shape index (κ1) is 6.68. The van der Waals surface area contributed by atoms with E-state index in [1.165, 1.54) is 0 Å². The molecule has 0 saturated carbocycles. The van der Waals surface area contributed by atoms with E-state index in [4.69, 9.17) is 9.78 Å². The molecular formula is C9H10O2. The van der Waals surface area contributed by atoms with Gasteiger partial charge in [0.05, 0.1) is 0 Å². The summed E-state index contributed by atoms with van der Waals surface area (Å²) in [5, 5.41) is 0. The molecular weight excluding hydrogens is 140 g/mol. The van der Waals surface area contributed by atoms with Crippen molar-refractivity contribution < 1.29 is 9.78 Å². The molecule has 2 nitrogen and oxygen atoms in total. The smallest absolute Gasteiger partial charge is 0.174 e. The van der Waals surface area contributed by atoms with E-state index in [0.29, 0.717) is 0 Å². The van der Waals surface area contributed by atoms with Crippen molar-refractivity contribution in [1.29, 1.82) is 0 Å². The normalized spacial score (nSPS) is 21.1. The number of benzene rings is 1. The first-order chi connectivity index (χ1) is 5.29. The van der Waals surface area contributed by atoms with Crippen LogP contribution in [0.3, 0.4) is 0 Å². The van der Waals surface area contributed by atoms with Crippen LogP contribution in [-0.4, -0.2) is 0 Å². The van der Waals surface area contributed by atoms with Crippen LogP contribution in [0.1, 0.15) is 24.2 Å². The highest BCUT2D eigenvalue weighted by Crippen LogP contribution is 2.36. The molecule has 58 valence electrons. The predicted octanol–water partition coefficient (Wildman–Crippen LogP) is 2.38. The summed E-state index contributed by atoms with van der Waals surface area (Å²) in [5.74, 6) is 0.889. The van der Waals surface area contributed by atoms with Gasteiger partial charge < -0.3 is 4.89 Å². The van der Waals surface area contributed by atoms with Crippen molar-refractivity contribution in [3.63, 3.8) is 0 Å². The fourth-order valence-corrected chi connectivity index (χ4v) is 1.28. The lowest BCUT2D eigenvalue weighted by molar-refractivity contribution is -0.218. The maximum absolute atomic E-state index is 5.04. The molecule has 1 aromatic carbocycles. The van der Waals surface area contributed by atoms with Gasteiger partial charge in [-0.3, -0.25) is 0 Å². The van der Waals surface area contributed by atoms with Crippen LogP contribution in [0.4, 0.5) is 0 Å². The minimum Gasteiger partial charge on any atom is -0.336 e. The van der Waals surface area contributed by atoms with Crippen molar-refractivity contribution in [2.75, 3.05) is 0 Å². The predicted molar refractivity (Wildman–Crippen MR) is 41.3 cm³/mol. The van der Waals surface area contributed by atoms with Crippen LogP contribution in [0.2, 0.25) is 0 Å². The molecule has 1 unspecified atom stereocenters. The van der Waals surface area contributed by atoms with Gasteiger partial charge in [-0.15, -0.1) is 0 Å². The van der Waals surface area contributed by atoms with Crippen LogP contribution in [0.5, 0.6) is 5.75 Å². The van der Waals surface area contributed by atoms with Gasteiger partial charge in [-0.2, -0.15) is 4.89 Å². The molecule has 0 fully saturated rings. The van der Waals surface area contributed by atoms with Gasteiger partial charge >= 0.3 is 0 Å². The third kappa shape index (κ3) is 0.906. The standard InChI is InChI=1S/C9H10O2/c1-6-4-3-5-8-7(2)10-11-9(6)8/h3-5,7H,1-2H3. The summed E-state index contributed by atoms with van der Waals surface area (Å²) in [6.45, 7) is 3.99. The molecule has 0 radical (unpaired) electrons. The zero-order valence-corrected chi connectivity index (χ0v) is 6.63. The molecule has 0 aliphatic carbocycles. The fourth-order valence-electron chi connectivity index (χ4n) is 1.28. The number of para-hydroxylation sites is 1. The Bertz CT molecular complexity index is 281. The molecule has 0 N–H and O–H groups in total. The summed E-state index contributed by atoms with van der Waals surface area (Å²) in [7, 11) is 0. The number of hydrogen-bond acceptors (Lipinski definition) is 2. The summed E-state index contributed by atoms with van der Waals surface area (Å²) in [6.07, 6.45) is 0.0740. The van der Waals surface area contributed by atoms with Crippen molar-refractivity contribution in [2.24, 2.45) is 0 Å². The molecule has 2 heteroatoms. The number of hydrogen-bond donors (Lipinski definition) is 0. The van der Waals surface area contributed by atoms with Crippen molar-refractivity contribution in [2.45, 2.75) is 20.0 Å². The van der Waals surface area contributed by atoms with Crippen molar-refractivity contribution in [3.05, 3.63) is 29.3 Å². The molecule has 1 aliphatic heterocycles. The lowest BCUT2D eigenvalue weighted by atomic mass is 10.1. The monoisotopic (exact) mass is 150 g/mol. The van der Waals surface area contributed by atoms with Crippen LogP contribution >= 0.6 is 0 Å². The SMILES string of the molecule is Cc1cccc2c1OOC2C. The van der Waals surface area contributed by atoms with E-state index < -0.39 is 0 Å². The second-order valence-electron chi connectivity index (χ2n) is 2.82. The Kier molecular flexibility index (Phi) is 1.36. The van der Waals surface area contributed by atoms with E-state index in [9.17, 15) is 0 Å². The topological polar surface area (TPSA) is 18.5 Å². The molecule has 11 heavy (non-hydrogen) atoms. The molecule has 1 atom stereocenters. The van der Waals surface area contributed by atoms with Gasteiger partial charge in [-0.25, -0.2) is 0 Å². The minimum atomic E-state index is 0.0740. The Morgan fingerprint density at radius 1 is 1.36 bits per heavy atom. The second-order valence-corrected chi connectivity index (χ2v) is 2.82. The van der Waals surface area contributed by atoms with Gasteiger partial charge in [-0.05, 0) is 19.4 Å². The van der Waals surface area contributed by atoms with Crippen LogP contribution in [0.15, 0.2) is 18.2 Å². The summed E-state index contributed by atoms with van der Waals surface area (Å²) >= 11 is 0.